The van der Waals surface area contributed by atoms with Crippen molar-refractivity contribution < 1.29 is 0 Å². The lowest BCUT2D eigenvalue weighted by molar-refractivity contribution is 1.17. The molecule has 0 N–H and O–H groups in total. The average Bonchev–Trinajstić information content (AvgIpc) is 4.16. The van der Waals surface area contributed by atoms with E-state index in [0.29, 0.717) is 0 Å². The number of nitrogens with zero attached hydrogens (tertiary/aromatic N) is 2. The van der Waals surface area contributed by atoms with Gasteiger partial charge < -0.3 is 9.47 Å². The molecule has 1 aromatic heterocycles. The van der Waals surface area contributed by atoms with Gasteiger partial charge in [-0.2, -0.15) is 0 Å². The Morgan fingerprint density at radius 3 is 1.33 bits per heavy atom. The summed E-state index contributed by atoms with van der Waals surface area (Å²) in [5, 5.41) is 7.34. The van der Waals surface area contributed by atoms with Gasteiger partial charge in [0.15, 0.2) is 0 Å². The van der Waals surface area contributed by atoms with Crippen molar-refractivity contribution in [2.75, 3.05) is 4.90 Å². The number of hydrogen-bond donors (Lipinski definition) is 0. The van der Waals surface area contributed by atoms with Gasteiger partial charge in [-0.05, 0) is 167 Å². The number of fused-ring (bicyclic) bond motifs is 6. The maximum absolute atomic E-state index is 4.70. The highest BCUT2D eigenvalue weighted by Gasteiger charge is 2.22. The molecule has 81 heavy (non-hydrogen) atoms. The number of para-hydroxylation sites is 2. The Morgan fingerprint density at radius 1 is 0.321 bits per heavy atom. The van der Waals surface area contributed by atoms with Crippen LogP contribution in [0.15, 0.2) is 329 Å². The molecule has 14 rings (SSSR count). The van der Waals surface area contributed by atoms with Crippen LogP contribution >= 0.6 is 0 Å². The van der Waals surface area contributed by atoms with Crippen LogP contribution in [-0.2, 0) is 6.42 Å². The van der Waals surface area contributed by atoms with E-state index in [-0.39, 0.29) is 0 Å². The number of allylic oxidation sites excluding steroid dienone is 6. The van der Waals surface area contributed by atoms with Gasteiger partial charge in [-0.15, -0.1) is 0 Å². The van der Waals surface area contributed by atoms with Gasteiger partial charge in [0, 0.05) is 33.5 Å². The van der Waals surface area contributed by atoms with Gasteiger partial charge in [0.05, 0.1) is 11.0 Å². The van der Waals surface area contributed by atoms with Crippen molar-refractivity contribution in [3.63, 3.8) is 0 Å². The number of hydrogen-bond acceptors (Lipinski definition) is 1. The Labute approximate surface area is 474 Å². The highest BCUT2D eigenvalue weighted by atomic mass is 15.1. The third kappa shape index (κ3) is 9.60. The summed E-state index contributed by atoms with van der Waals surface area (Å²) >= 11 is 0. The normalized spacial score (nSPS) is 13.3. The largest absolute Gasteiger partial charge is 0.311 e. The predicted octanol–water partition coefficient (Wildman–Crippen LogP) is 21.6. The summed E-state index contributed by atoms with van der Waals surface area (Å²) in [7, 11) is 0. The summed E-state index contributed by atoms with van der Waals surface area (Å²) in [6.45, 7) is 11.4. The summed E-state index contributed by atoms with van der Waals surface area (Å²) in [4.78, 5) is 2.29. The zero-order valence-electron chi connectivity index (χ0n) is 45.1. The highest BCUT2D eigenvalue weighted by molar-refractivity contribution is 6.22. The second-order valence-electron chi connectivity index (χ2n) is 20.5. The topological polar surface area (TPSA) is 8.17 Å². The number of rotatable bonds is 9. The van der Waals surface area contributed by atoms with E-state index in [0.717, 1.165) is 40.3 Å². The summed E-state index contributed by atoms with van der Waals surface area (Å²) in [5.41, 5.74) is 22.2. The van der Waals surface area contributed by atoms with Crippen LogP contribution in [0.4, 0.5) is 11.4 Å². The van der Waals surface area contributed by atoms with Gasteiger partial charge in [0.2, 0.25) is 0 Å². The Hall–Kier alpha value is -10.5. The minimum absolute atomic E-state index is 0.759. The van der Waals surface area contributed by atoms with Crippen LogP contribution in [0.2, 0.25) is 0 Å². The monoisotopic (exact) mass is 1030 g/mol. The second kappa shape index (κ2) is 22.1. The van der Waals surface area contributed by atoms with Gasteiger partial charge in [-0.1, -0.05) is 256 Å². The number of benzene rings is 12. The molecule has 0 unspecified atom stereocenters. The summed E-state index contributed by atoms with van der Waals surface area (Å²) in [5.74, 6) is 0. The van der Waals surface area contributed by atoms with E-state index in [1.807, 2.05) is 0 Å². The molecule has 0 fully saturated rings. The molecule has 0 atom stereocenters. The summed E-state index contributed by atoms with van der Waals surface area (Å²) < 4.78 is 2.41. The molecule has 0 aliphatic carbocycles. The van der Waals surface area contributed by atoms with E-state index in [1.165, 1.54) is 105 Å². The standard InChI is InChI=1S/C75H52N2.C4H6/c1-51-30-31-56(32-33-57-22-14-16-28-71(57)76(51)63-41-34-54(35-42-63)52-18-6-2-7-19-52)60-38-45-66-69(49-60)74(58-23-10-4-11-24-58)67-46-39-61(50-70(67)75(66)59-25-12-5-13-26-59)62-40-47-73-68(48-62)65-27-15-17-29-72(65)77(73)64-43-36-55(37-44-64)53-20-8-3-9-21-53;1-3-4-2/h2-32,34-50H,1,33H2;3-4H,1-2H2/b31-30-,56-32+;. The van der Waals surface area contributed by atoms with E-state index < -0.39 is 0 Å². The lowest BCUT2D eigenvalue weighted by atomic mass is 9.83. The molecule has 384 valence electrons. The summed E-state index contributed by atoms with van der Waals surface area (Å²) in [6.07, 6.45) is 10.9. The lowest BCUT2D eigenvalue weighted by Crippen LogP contribution is -2.15. The van der Waals surface area contributed by atoms with Crippen molar-refractivity contribution in [2.45, 2.75) is 6.42 Å². The molecular formula is C79H58N2. The van der Waals surface area contributed by atoms with Gasteiger partial charge in [-0.25, -0.2) is 0 Å². The first-order valence-corrected chi connectivity index (χ1v) is 27.7. The Morgan fingerprint density at radius 2 is 0.753 bits per heavy atom. The van der Waals surface area contributed by atoms with Crippen LogP contribution in [0.25, 0.3) is 110 Å². The van der Waals surface area contributed by atoms with E-state index in [1.54, 1.807) is 12.2 Å². The Balaban J connectivity index is 0.00000150. The minimum atomic E-state index is 0.759. The molecule has 2 nitrogen and oxygen atoms in total. The fraction of sp³-hybridized carbons (Fsp3) is 0.0127. The van der Waals surface area contributed by atoms with E-state index in [4.69, 9.17) is 6.58 Å². The molecule has 1 aliphatic heterocycles. The van der Waals surface area contributed by atoms with Crippen molar-refractivity contribution in [2.24, 2.45) is 0 Å². The Bertz CT molecular complexity index is 4540. The molecule has 0 amide bonds. The van der Waals surface area contributed by atoms with Crippen molar-refractivity contribution in [3.05, 3.63) is 340 Å². The molecule has 2 heterocycles. The maximum atomic E-state index is 4.70. The zero-order chi connectivity index (χ0) is 54.7. The third-order valence-corrected chi connectivity index (χ3v) is 15.7. The Kier molecular flexibility index (Phi) is 13.6. The second-order valence-corrected chi connectivity index (χ2v) is 20.5. The van der Waals surface area contributed by atoms with Crippen LogP contribution in [0.3, 0.4) is 0 Å². The zero-order valence-corrected chi connectivity index (χ0v) is 45.1. The molecule has 0 saturated heterocycles. The van der Waals surface area contributed by atoms with Crippen LogP contribution in [-0.4, -0.2) is 4.57 Å². The number of anilines is 2. The van der Waals surface area contributed by atoms with Gasteiger partial charge in [-0.3, -0.25) is 0 Å². The predicted molar refractivity (Wildman–Crippen MR) is 348 cm³/mol. The molecule has 12 aromatic carbocycles. The fourth-order valence-corrected chi connectivity index (χ4v) is 11.8. The van der Waals surface area contributed by atoms with E-state index in [9.17, 15) is 0 Å². The summed E-state index contributed by atoms with van der Waals surface area (Å²) in [6, 6.07) is 99.7. The first-order valence-electron chi connectivity index (χ1n) is 27.7. The molecule has 0 saturated carbocycles. The van der Waals surface area contributed by atoms with Gasteiger partial charge in [0.1, 0.15) is 0 Å². The molecule has 1 aliphatic rings. The quantitative estimate of drug-likeness (QED) is 0.103. The molecule has 0 radical (unpaired) electrons. The van der Waals surface area contributed by atoms with Crippen LogP contribution in [0.1, 0.15) is 11.1 Å². The molecule has 2 heteroatoms. The van der Waals surface area contributed by atoms with Crippen molar-refractivity contribution in [1.82, 2.24) is 4.57 Å². The maximum Gasteiger partial charge on any atom is 0.0541 e. The first kappa shape index (κ1) is 50.0. The molecule has 13 aromatic rings. The lowest BCUT2D eigenvalue weighted by Gasteiger charge is -2.27. The minimum Gasteiger partial charge on any atom is -0.311 e. The number of aromatic nitrogens is 1. The fourth-order valence-electron chi connectivity index (χ4n) is 11.8. The van der Waals surface area contributed by atoms with E-state index >= 15 is 0 Å². The van der Waals surface area contributed by atoms with Gasteiger partial charge in [0.25, 0.3) is 0 Å². The average molecular weight is 1040 g/mol. The SMILES string of the molecule is C=C1/C=C\C(c2ccc3c(-c4ccccc4)c4cc(-c5ccc6c(c5)c5ccccc5n6-c5ccc(-c6ccccc6)cc5)ccc4c(-c4ccccc4)c3c2)=C/Cc2ccccc2N1c1ccc(-c2ccccc2)cc1.C=CC=C. The van der Waals surface area contributed by atoms with Crippen LogP contribution < -0.4 is 4.90 Å². The van der Waals surface area contributed by atoms with Gasteiger partial charge >= 0.3 is 0 Å². The molecule has 0 spiro atoms. The molecule has 0 bridgehead atoms. The van der Waals surface area contributed by atoms with Crippen LogP contribution in [0.5, 0.6) is 0 Å². The highest BCUT2D eigenvalue weighted by Crippen LogP contribution is 2.47. The van der Waals surface area contributed by atoms with Crippen molar-refractivity contribution in [3.8, 4) is 61.3 Å². The van der Waals surface area contributed by atoms with E-state index in [2.05, 4.69) is 314 Å². The smallest absolute Gasteiger partial charge is 0.0541 e. The molecular weight excluding hydrogens is 977 g/mol. The first-order chi connectivity index (χ1) is 40.0. The van der Waals surface area contributed by atoms with Crippen molar-refractivity contribution >= 4 is 60.3 Å². The van der Waals surface area contributed by atoms with Crippen LogP contribution in [0, 0.1) is 0 Å². The van der Waals surface area contributed by atoms with Crippen molar-refractivity contribution in [1.29, 1.82) is 0 Å². The third-order valence-electron chi connectivity index (χ3n) is 15.7.